The average molecular weight is 170 g/mol. The molecular weight excluding hydrogens is 152 g/mol. The normalized spacial score (nSPS) is 27.8. The fraction of sp³-hybridized carbons (Fsp3) is 0.889. The van der Waals surface area contributed by atoms with Crippen molar-refractivity contribution in [2.24, 2.45) is 17.1 Å². The summed E-state index contributed by atoms with van der Waals surface area (Å²) in [5.74, 6) is 0.609. The summed E-state index contributed by atoms with van der Waals surface area (Å²) in [6.07, 6.45) is 1.21. The zero-order valence-corrected chi connectivity index (χ0v) is 8.05. The number of carbonyl (C=O) groups is 1. The molecule has 1 fully saturated rings. The van der Waals surface area contributed by atoms with Crippen LogP contribution in [0, 0.1) is 11.3 Å². The third-order valence-corrected chi connectivity index (χ3v) is 2.65. The topological polar surface area (TPSA) is 55.1 Å². The number of carbonyl (C=O) groups excluding carboxylic acids is 1. The first-order valence-electron chi connectivity index (χ1n) is 4.47. The molecule has 3 nitrogen and oxygen atoms in total. The highest BCUT2D eigenvalue weighted by Crippen LogP contribution is 2.50. The summed E-state index contributed by atoms with van der Waals surface area (Å²) < 4.78 is 0. The number of nitrogens with one attached hydrogen (secondary N) is 1. The largest absolute Gasteiger partial charge is 0.354 e. The van der Waals surface area contributed by atoms with Gasteiger partial charge in [-0.2, -0.15) is 0 Å². The molecule has 0 aliphatic heterocycles. The molecule has 1 aliphatic carbocycles. The van der Waals surface area contributed by atoms with Crippen LogP contribution in [0.25, 0.3) is 0 Å². The Morgan fingerprint density at radius 1 is 1.75 bits per heavy atom. The highest BCUT2D eigenvalue weighted by Gasteiger charge is 2.45. The first-order valence-corrected chi connectivity index (χ1v) is 4.47. The van der Waals surface area contributed by atoms with Crippen LogP contribution in [0.1, 0.15) is 27.2 Å². The molecule has 1 amide bonds. The zero-order chi connectivity index (χ0) is 9.35. The van der Waals surface area contributed by atoms with Gasteiger partial charge in [-0.25, -0.2) is 0 Å². The van der Waals surface area contributed by atoms with E-state index >= 15 is 0 Å². The van der Waals surface area contributed by atoms with Crippen LogP contribution in [-0.2, 0) is 4.79 Å². The van der Waals surface area contributed by atoms with E-state index in [1.165, 1.54) is 6.42 Å². The van der Waals surface area contributed by atoms with Crippen molar-refractivity contribution in [2.45, 2.75) is 33.2 Å². The molecule has 0 saturated heterocycles. The predicted octanol–water partition coefficient (Wildman–Crippen LogP) is 0.496. The number of hydrogen-bond donors (Lipinski definition) is 2. The Labute approximate surface area is 73.7 Å². The van der Waals surface area contributed by atoms with Gasteiger partial charge in [0.15, 0.2) is 0 Å². The Kier molecular flexibility index (Phi) is 2.42. The molecule has 70 valence electrons. The first kappa shape index (κ1) is 9.52. The lowest BCUT2D eigenvalue weighted by molar-refractivity contribution is -0.122. The molecule has 0 aromatic heterocycles. The Morgan fingerprint density at radius 2 is 2.25 bits per heavy atom. The number of hydrogen-bond acceptors (Lipinski definition) is 2. The Balaban J connectivity index is 2.16. The Bertz CT molecular complexity index is 187. The van der Waals surface area contributed by atoms with Crippen molar-refractivity contribution >= 4 is 5.91 Å². The summed E-state index contributed by atoms with van der Waals surface area (Å²) in [5, 5.41) is 2.84. The van der Waals surface area contributed by atoms with Gasteiger partial charge in [-0.3, -0.25) is 4.79 Å². The van der Waals surface area contributed by atoms with Crippen molar-refractivity contribution in [3.05, 3.63) is 0 Å². The molecule has 3 heteroatoms. The third-order valence-electron chi connectivity index (χ3n) is 2.65. The molecular formula is C9H18N2O. The van der Waals surface area contributed by atoms with Crippen molar-refractivity contribution in [1.82, 2.24) is 5.32 Å². The lowest BCUT2D eigenvalue weighted by Crippen LogP contribution is -2.39. The maximum absolute atomic E-state index is 11.0. The number of amides is 1. The average Bonchev–Trinajstić information content (AvgIpc) is 2.54. The van der Waals surface area contributed by atoms with Crippen LogP contribution < -0.4 is 11.1 Å². The van der Waals surface area contributed by atoms with Crippen molar-refractivity contribution in [3.8, 4) is 0 Å². The SMILES string of the molecule is CC(N)C(=O)NCC1CC1(C)C. The van der Waals surface area contributed by atoms with Gasteiger partial charge < -0.3 is 11.1 Å². The highest BCUT2D eigenvalue weighted by molar-refractivity contribution is 5.80. The second-order valence-electron chi connectivity index (χ2n) is 4.42. The molecule has 0 radical (unpaired) electrons. The van der Waals surface area contributed by atoms with Gasteiger partial charge >= 0.3 is 0 Å². The van der Waals surface area contributed by atoms with Crippen molar-refractivity contribution in [3.63, 3.8) is 0 Å². The summed E-state index contributed by atoms with van der Waals surface area (Å²) in [7, 11) is 0. The molecule has 0 bridgehead atoms. The van der Waals surface area contributed by atoms with Gasteiger partial charge in [-0.15, -0.1) is 0 Å². The van der Waals surface area contributed by atoms with Crippen LogP contribution in [0.4, 0.5) is 0 Å². The van der Waals surface area contributed by atoms with E-state index in [9.17, 15) is 4.79 Å². The van der Waals surface area contributed by atoms with Gasteiger partial charge in [0.2, 0.25) is 5.91 Å². The molecule has 2 atom stereocenters. The van der Waals surface area contributed by atoms with E-state index in [4.69, 9.17) is 5.73 Å². The van der Waals surface area contributed by atoms with Crippen LogP contribution in [0.2, 0.25) is 0 Å². The maximum Gasteiger partial charge on any atom is 0.236 e. The minimum atomic E-state index is -0.383. The lowest BCUT2D eigenvalue weighted by atomic mass is 10.1. The summed E-state index contributed by atoms with van der Waals surface area (Å²) in [6.45, 7) is 6.92. The Hall–Kier alpha value is -0.570. The molecule has 2 unspecified atom stereocenters. The van der Waals surface area contributed by atoms with Crippen molar-refractivity contribution in [1.29, 1.82) is 0 Å². The molecule has 12 heavy (non-hydrogen) atoms. The molecule has 0 heterocycles. The second-order valence-corrected chi connectivity index (χ2v) is 4.42. The van der Waals surface area contributed by atoms with Gasteiger partial charge in [0.25, 0.3) is 0 Å². The standard InChI is InChI=1S/C9H18N2O/c1-6(10)8(12)11-5-7-4-9(7,2)3/h6-7H,4-5,10H2,1-3H3,(H,11,12). The monoisotopic (exact) mass is 170 g/mol. The minimum Gasteiger partial charge on any atom is -0.354 e. The van der Waals surface area contributed by atoms with E-state index < -0.39 is 0 Å². The smallest absolute Gasteiger partial charge is 0.236 e. The predicted molar refractivity (Wildman–Crippen MR) is 48.5 cm³/mol. The van der Waals surface area contributed by atoms with E-state index in [1.807, 2.05) is 0 Å². The quantitative estimate of drug-likeness (QED) is 0.648. The van der Waals surface area contributed by atoms with Gasteiger partial charge in [-0.05, 0) is 24.7 Å². The molecule has 0 spiro atoms. The third kappa shape index (κ3) is 2.21. The second kappa shape index (κ2) is 3.05. The van der Waals surface area contributed by atoms with Crippen LogP contribution >= 0.6 is 0 Å². The minimum absolute atomic E-state index is 0.0438. The van der Waals surface area contributed by atoms with Crippen LogP contribution in [0.5, 0.6) is 0 Å². The number of nitrogens with two attached hydrogens (primary N) is 1. The van der Waals surface area contributed by atoms with E-state index in [1.54, 1.807) is 6.92 Å². The summed E-state index contributed by atoms with van der Waals surface area (Å²) >= 11 is 0. The van der Waals surface area contributed by atoms with E-state index in [0.717, 1.165) is 6.54 Å². The van der Waals surface area contributed by atoms with Crippen molar-refractivity contribution in [2.75, 3.05) is 6.54 Å². The lowest BCUT2D eigenvalue weighted by Gasteiger charge is -2.08. The molecule has 0 aromatic carbocycles. The first-order chi connectivity index (χ1) is 5.43. The summed E-state index contributed by atoms with van der Waals surface area (Å²) in [5.41, 5.74) is 5.83. The van der Waals surface area contributed by atoms with Crippen molar-refractivity contribution < 1.29 is 4.79 Å². The summed E-state index contributed by atoms with van der Waals surface area (Å²) in [4.78, 5) is 11.0. The van der Waals surface area contributed by atoms with Crippen LogP contribution in [-0.4, -0.2) is 18.5 Å². The number of rotatable bonds is 3. The van der Waals surface area contributed by atoms with E-state index in [2.05, 4.69) is 19.2 Å². The molecule has 1 saturated carbocycles. The molecule has 1 aliphatic rings. The van der Waals surface area contributed by atoms with Gasteiger partial charge in [-0.1, -0.05) is 13.8 Å². The Morgan fingerprint density at radius 3 is 2.58 bits per heavy atom. The molecule has 3 N–H and O–H groups in total. The van der Waals surface area contributed by atoms with E-state index in [-0.39, 0.29) is 11.9 Å². The zero-order valence-electron chi connectivity index (χ0n) is 8.05. The van der Waals surface area contributed by atoms with Crippen LogP contribution in [0.3, 0.4) is 0 Å². The van der Waals surface area contributed by atoms with Gasteiger partial charge in [0, 0.05) is 6.54 Å². The maximum atomic E-state index is 11.0. The highest BCUT2D eigenvalue weighted by atomic mass is 16.2. The fourth-order valence-electron chi connectivity index (χ4n) is 1.31. The fourth-order valence-corrected chi connectivity index (χ4v) is 1.31. The summed E-state index contributed by atoms with van der Waals surface area (Å²) in [6, 6.07) is -0.383. The molecule has 0 aromatic rings. The van der Waals surface area contributed by atoms with Gasteiger partial charge in [0.1, 0.15) is 0 Å². The van der Waals surface area contributed by atoms with Crippen LogP contribution in [0.15, 0.2) is 0 Å². The van der Waals surface area contributed by atoms with E-state index in [0.29, 0.717) is 11.3 Å². The van der Waals surface area contributed by atoms with Gasteiger partial charge in [0.05, 0.1) is 6.04 Å². The molecule has 1 rings (SSSR count).